The molecule has 1 heterocycles. The van der Waals surface area contributed by atoms with Crippen LogP contribution in [0, 0.1) is 11.8 Å². The summed E-state index contributed by atoms with van der Waals surface area (Å²) >= 11 is 0. The van der Waals surface area contributed by atoms with Gasteiger partial charge in [0.15, 0.2) is 5.82 Å². The number of hydrogen-bond donors (Lipinski definition) is 0. The van der Waals surface area contributed by atoms with Gasteiger partial charge in [0.1, 0.15) is 11.5 Å². The van der Waals surface area contributed by atoms with E-state index in [-0.39, 0.29) is 0 Å². The lowest BCUT2D eigenvalue weighted by Gasteiger charge is -2.28. The average Bonchev–Trinajstić information content (AvgIpc) is 3.03. The summed E-state index contributed by atoms with van der Waals surface area (Å²) in [6.45, 7) is 7.43. The van der Waals surface area contributed by atoms with E-state index in [1.807, 2.05) is 36.5 Å². The smallest absolute Gasteiger partial charge is 0.343 e. The maximum Gasteiger partial charge on any atom is 0.343 e. The van der Waals surface area contributed by atoms with Crippen molar-refractivity contribution in [3.8, 4) is 22.9 Å². The average molecular weight is 571 g/mol. The second kappa shape index (κ2) is 17.0. The summed E-state index contributed by atoms with van der Waals surface area (Å²) in [5.74, 6) is 3.83. The van der Waals surface area contributed by atoms with Gasteiger partial charge in [0, 0.05) is 17.5 Å². The minimum atomic E-state index is -0.391. The Bertz CT molecular complexity index is 1200. The van der Waals surface area contributed by atoms with Gasteiger partial charge in [-0.2, -0.15) is 0 Å². The number of benzene rings is 2. The number of hydrogen-bond acceptors (Lipinski definition) is 5. The quantitative estimate of drug-likeness (QED) is 0.0974. The summed E-state index contributed by atoms with van der Waals surface area (Å²) in [5, 5.41) is 0. The Hall–Kier alpha value is -3.21. The summed E-state index contributed by atoms with van der Waals surface area (Å²) in [6.07, 6.45) is 18.8. The number of esters is 1. The Balaban J connectivity index is 1.18. The summed E-state index contributed by atoms with van der Waals surface area (Å²) in [4.78, 5) is 22.0. The minimum absolute atomic E-state index is 0.391. The monoisotopic (exact) mass is 570 g/mol. The standard InChI is InChI=1S/C37H50N2O3/c1-4-6-8-11-29-13-15-30(16-14-29)12-9-27-41-33-21-23-34(24-22-33)42-37(40)32-19-17-31(18-20-32)36-38-26-25-35(39-36)28(3)10-7-5-2/h17-26,28-30H,4-16,27H2,1-3H3. The Kier molecular flexibility index (Phi) is 12.9. The fraction of sp³-hybridized carbons (Fsp3) is 0.541. The first-order valence-electron chi connectivity index (χ1n) is 16.4. The highest BCUT2D eigenvalue weighted by molar-refractivity contribution is 5.91. The van der Waals surface area contributed by atoms with E-state index < -0.39 is 5.97 Å². The lowest BCUT2D eigenvalue weighted by molar-refractivity contribution is 0.0734. The van der Waals surface area contributed by atoms with Crippen LogP contribution in [0.4, 0.5) is 0 Å². The van der Waals surface area contributed by atoms with Crippen LogP contribution >= 0.6 is 0 Å². The van der Waals surface area contributed by atoms with E-state index in [1.54, 1.807) is 24.3 Å². The van der Waals surface area contributed by atoms with Crippen molar-refractivity contribution in [1.82, 2.24) is 9.97 Å². The predicted molar refractivity (Wildman–Crippen MR) is 171 cm³/mol. The third-order valence-corrected chi connectivity index (χ3v) is 8.79. The predicted octanol–water partition coefficient (Wildman–Crippen LogP) is 10.2. The molecular weight excluding hydrogens is 520 g/mol. The van der Waals surface area contributed by atoms with Gasteiger partial charge in [-0.05, 0) is 79.5 Å². The summed E-state index contributed by atoms with van der Waals surface area (Å²) in [5.41, 5.74) is 2.42. The second-order valence-electron chi connectivity index (χ2n) is 12.2. The van der Waals surface area contributed by atoms with Crippen molar-refractivity contribution in [2.45, 2.75) is 110 Å². The molecular formula is C37H50N2O3. The number of rotatable bonds is 16. The van der Waals surface area contributed by atoms with Crippen LogP contribution < -0.4 is 9.47 Å². The zero-order valence-electron chi connectivity index (χ0n) is 26.0. The SMILES string of the molecule is CCCCCC1CCC(CCCOc2ccc(OC(=O)c3ccc(-c4nccc(C(C)CCCC)n4)cc3)cc2)CC1. The molecule has 1 atom stereocenters. The zero-order valence-corrected chi connectivity index (χ0v) is 26.0. The molecule has 0 bridgehead atoms. The van der Waals surface area contributed by atoms with E-state index in [0.717, 1.165) is 48.3 Å². The van der Waals surface area contributed by atoms with Crippen molar-refractivity contribution < 1.29 is 14.3 Å². The molecule has 1 aromatic heterocycles. The Morgan fingerprint density at radius 3 is 2.12 bits per heavy atom. The molecule has 2 aromatic carbocycles. The van der Waals surface area contributed by atoms with Gasteiger partial charge in [-0.25, -0.2) is 14.8 Å². The highest BCUT2D eigenvalue weighted by Gasteiger charge is 2.20. The molecule has 1 unspecified atom stereocenters. The number of nitrogens with zero attached hydrogens (tertiary/aromatic N) is 2. The molecule has 1 aliphatic carbocycles. The van der Waals surface area contributed by atoms with Gasteiger partial charge >= 0.3 is 5.97 Å². The Morgan fingerprint density at radius 2 is 1.45 bits per heavy atom. The van der Waals surface area contributed by atoms with Crippen molar-refractivity contribution in [2.75, 3.05) is 6.61 Å². The molecule has 42 heavy (non-hydrogen) atoms. The molecule has 0 saturated heterocycles. The normalized spacial score (nSPS) is 17.5. The molecule has 1 aliphatic rings. The van der Waals surface area contributed by atoms with E-state index in [4.69, 9.17) is 14.5 Å². The maximum absolute atomic E-state index is 12.8. The van der Waals surface area contributed by atoms with Crippen LogP contribution in [0.15, 0.2) is 60.8 Å². The van der Waals surface area contributed by atoms with E-state index in [1.165, 1.54) is 70.6 Å². The van der Waals surface area contributed by atoms with Gasteiger partial charge in [-0.15, -0.1) is 0 Å². The first kappa shape index (κ1) is 31.7. The van der Waals surface area contributed by atoms with Crippen molar-refractivity contribution >= 4 is 5.97 Å². The van der Waals surface area contributed by atoms with Gasteiger partial charge in [-0.1, -0.05) is 97.1 Å². The van der Waals surface area contributed by atoms with Crippen LogP contribution in [-0.4, -0.2) is 22.5 Å². The highest BCUT2D eigenvalue weighted by Crippen LogP contribution is 2.34. The summed E-state index contributed by atoms with van der Waals surface area (Å²) in [6, 6.07) is 16.6. The fourth-order valence-corrected chi connectivity index (χ4v) is 6.02. The number of carbonyl (C=O) groups excluding carboxylic acids is 1. The molecule has 0 N–H and O–H groups in total. The summed E-state index contributed by atoms with van der Waals surface area (Å²) in [7, 11) is 0. The molecule has 3 aromatic rings. The zero-order chi connectivity index (χ0) is 29.6. The number of ether oxygens (including phenoxy) is 2. The van der Waals surface area contributed by atoms with Crippen LogP contribution in [-0.2, 0) is 0 Å². The lowest BCUT2D eigenvalue weighted by Crippen LogP contribution is -2.15. The molecule has 1 saturated carbocycles. The van der Waals surface area contributed by atoms with Crippen LogP contribution in [0.3, 0.4) is 0 Å². The fourth-order valence-electron chi connectivity index (χ4n) is 6.02. The largest absolute Gasteiger partial charge is 0.494 e. The Morgan fingerprint density at radius 1 is 0.810 bits per heavy atom. The van der Waals surface area contributed by atoms with E-state index in [2.05, 4.69) is 25.8 Å². The second-order valence-corrected chi connectivity index (χ2v) is 12.2. The summed E-state index contributed by atoms with van der Waals surface area (Å²) < 4.78 is 11.6. The molecule has 0 radical (unpaired) electrons. The maximum atomic E-state index is 12.8. The molecule has 4 rings (SSSR count). The third-order valence-electron chi connectivity index (χ3n) is 8.79. The molecule has 5 heteroatoms. The number of unbranched alkanes of at least 4 members (excludes halogenated alkanes) is 3. The minimum Gasteiger partial charge on any atom is -0.494 e. The van der Waals surface area contributed by atoms with E-state index in [9.17, 15) is 4.79 Å². The molecule has 226 valence electrons. The van der Waals surface area contributed by atoms with Gasteiger partial charge in [-0.3, -0.25) is 0 Å². The van der Waals surface area contributed by atoms with Crippen molar-refractivity contribution in [3.05, 3.63) is 72.1 Å². The van der Waals surface area contributed by atoms with Gasteiger partial charge in [0.2, 0.25) is 0 Å². The third kappa shape index (κ3) is 9.96. The number of carbonyl (C=O) groups is 1. The molecule has 5 nitrogen and oxygen atoms in total. The van der Waals surface area contributed by atoms with E-state index in [0.29, 0.717) is 23.1 Å². The first-order chi connectivity index (χ1) is 20.6. The lowest BCUT2D eigenvalue weighted by atomic mass is 9.78. The number of aromatic nitrogens is 2. The van der Waals surface area contributed by atoms with Crippen molar-refractivity contribution in [2.24, 2.45) is 11.8 Å². The van der Waals surface area contributed by atoms with Gasteiger partial charge in [0.05, 0.1) is 12.2 Å². The van der Waals surface area contributed by atoms with Gasteiger partial charge in [0.25, 0.3) is 0 Å². The van der Waals surface area contributed by atoms with E-state index >= 15 is 0 Å². The molecule has 1 fully saturated rings. The Labute approximate surface area is 253 Å². The first-order valence-corrected chi connectivity index (χ1v) is 16.4. The van der Waals surface area contributed by atoms with Crippen molar-refractivity contribution in [1.29, 1.82) is 0 Å². The molecule has 0 spiro atoms. The van der Waals surface area contributed by atoms with Crippen LogP contribution in [0.1, 0.15) is 126 Å². The molecule has 0 amide bonds. The van der Waals surface area contributed by atoms with Gasteiger partial charge < -0.3 is 9.47 Å². The topological polar surface area (TPSA) is 61.3 Å². The van der Waals surface area contributed by atoms with Crippen LogP contribution in [0.25, 0.3) is 11.4 Å². The highest BCUT2D eigenvalue weighted by atomic mass is 16.5. The van der Waals surface area contributed by atoms with Crippen LogP contribution in [0.2, 0.25) is 0 Å². The van der Waals surface area contributed by atoms with Crippen molar-refractivity contribution in [3.63, 3.8) is 0 Å². The molecule has 0 aliphatic heterocycles. The van der Waals surface area contributed by atoms with Crippen LogP contribution in [0.5, 0.6) is 11.5 Å².